The third-order valence-electron chi connectivity index (χ3n) is 3.14. The summed E-state index contributed by atoms with van der Waals surface area (Å²) in [5.74, 6) is 1.18. The van der Waals surface area contributed by atoms with Crippen LogP contribution in [0.3, 0.4) is 0 Å². The van der Waals surface area contributed by atoms with Crippen molar-refractivity contribution in [2.45, 2.75) is 20.0 Å². The van der Waals surface area contributed by atoms with Gasteiger partial charge in [0.05, 0.1) is 6.42 Å². The van der Waals surface area contributed by atoms with E-state index in [4.69, 9.17) is 4.74 Å². The summed E-state index contributed by atoms with van der Waals surface area (Å²) < 4.78 is 7.16. The highest BCUT2D eigenvalue weighted by molar-refractivity contribution is 7.15. The lowest BCUT2D eigenvalue weighted by atomic mass is 10.1. The lowest BCUT2D eigenvalue weighted by molar-refractivity contribution is -0.115. The molecule has 24 heavy (non-hydrogen) atoms. The van der Waals surface area contributed by atoms with Gasteiger partial charge in [-0.2, -0.15) is 0 Å². The highest BCUT2D eigenvalue weighted by Gasteiger charge is 2.08. The fraction of sp³-hybridized carbons (Fsp3) is 0.286. The number of anilines is 1. The van der Waals surface area contributed by atoms with Crippen LogP contribution >= 0.6 is 11.3 Å². The molecule has 2 aromatic heterocycles. The van der Waals surface area contributed by atoms with E-state index in [1.165, 1.54) is 11.3 Å². The van der Waals surface area contributed by atoms with Crippen LogP contribution in [0, 0.1) is 6.92 Å². The summed E-state index contributed by atoms with van der Waals surface area (Å²) in [7, 11) is 1.75. The van der Waals surface area contributed by atoms with Crippen molar-refractivity contribution < 1.29 is 9.53 Å². The van der Waals surface area contributed by atoms with E-state index in [9.17, 15) is 4.79 Å². The molecule has 1 amide bonds. The highest BCUT2D eigenvalue weighted by Crippen LogP contribution is 2.16. The van der Waals surface area contributed by atoms with Gasteiger partial charge in [-0.05, 0) is 35.0 Å². The molecule has 0 fully saturated rings. The Hall–Kier alpha value is -2.88. The predicted octanol–water partition coefficient (Wildman–Crippen LogP) is 1.13. The van der Waals surface area contributed by atoms with Crippen molar-refractivity contribution in [3.8, 4) is 5.75 Å². The Bertz CT molecular complexity index is 828. The third kappa shape index (κ3) is 4.10. The van der Waals surface area contributed by atoms with Crippen molar-refractivity contribution in [3.63, 3.8) is 0 Å². The molecule has 3 aromatic rings. The fourth-order valence-electron chi connectivity index (χ4n) is 1.92. The van der Waals surface area contributed by atoms with Crippen LogP contribution in [0.1, 0.15) is 16.4 Å². The summed E-state index contributed by atoms with van der Waals surface area (Å²) in [4.78, 5) is 12.0. The summed E-state index contributed by atoms with van der Waals surface area (Å²) in [5, 5.41) is 22.9. The van der Waals surface area contributed by atoms with E-state index in [1.54, 1.807) is 11.7 Å². The number of nitrogens with zero attached hydrogens (tertiary/aromatic N) is 6. The lowest BCUT2D eigenvalue weighted by Gasteiger charge is -2.06. The minimum absolute atomic E-state index is 0.134. The maximum absolute atomic E-state index is 12.0. The SMILES string of the molecule is Cc1nnc(NC(=O)Cc2ccc(OCc3nnnn3C)cc2)s1. The Balaban J connectivity index is 1.52. The second kappa shape index (κ2) is 7.13. The van der Waals surface area contributed by atoms with Crippen LogP contribution in [-0.4, -0.2) is 36.3 Å². The molecule has 0 saturated carbocycles. The van der Waals surface area contributed by atoms with Gasteiger partial charge in [-0.15, -0.1) is 15.3 Å². The molecule has 3 rings (SSSR count). The van der Waals surface area contributed by atoms with E-state index in [0.29, 0.717) is 16.7 Å². The molecule has 0 aliphatic heterocycles. The number of ether oxygens (including phenoxy) is 1. The van der Waals surface area contributed by atoms with Gasteiger partial charge in [-0.1, -0.05) is 23.5 Å². The van der Waals surface area contributed by atoms with Crippen molar-refractivity contribution in [2.24, 2.45) is 7.05 Å². The first-order valence-corrected chi connectivity index (χ1v) is 7.95. The molecule has 124 valence electrons. The number of rotatable bonds is 6. The number of aromatic nitrogens is 6. The quantitative estimate of drug-likeness (QED) is 0.713. The first-order chi connectivity index (χ1) is 11.6. The van der Waals surface area contributed by atoms with E-state index in [2.05, 4.69) is 31.0 Å². The van der Waals surface area contributed by atoms with E-state index in [-0.39, 0.29) is 18.9 Å². The molecule has 1 aromatic carbocycles. The number of carbonyl (C=O) groups excluding carboxylic acids is 1. The van der Waals surface area contributed by atoms with Crippen LogP contribution in [0.5, 0.6) is 5.75 Å². The molecule has 0 aliphatic carbocycles. The van der Waals surface area contributed by atoms with Gasteiger partial charge < -0.3 is 10.1 Å². The monoisotopic (exact) mass is 345 g/mol. The van der Waals surface area contributed by atoms with Gasteiger partial charge in [0.2, 0.25) is 11.0 Å². The molecule has 0 bridgehead atoms. The van der Waals surface area contributed by atoms with Crippen molar-refractivity contribution in [1.29, 1.82) is 0 Å². The van der Waals surface area contributed by atoms with E-state index in [1.807, 2.05) is 31.2 Å². The fourth-order valence-corrected chi connectivity index (χ4v) is 2.53. The molecule has 0 spiro atoms. The topological polar surface area (TPSA) is 108 Å². The van der Waals surface area contributed by atoms with Crippen LogP contribution < -0.4 is 10.1 Å². The number of hydrogen-bond donors (Lipinski definition) is 1. The van der Waals surface area contributed by atoms with Crippen LogP contribution in [0.25, 0.3) is 0 Å². The number of aryl methyl sites for hydroxylation is 2. The van der Waals surface area contributed by atoms with Crippen LogP contribution in [0.2, 0.25) is 0 Å². The first-order valence-electron chi connectivity index (χ1n) is 7.13. The van der Waals surface area contributed by atoms with E-state index in [0.717, 1.165) is 10.6 Å². The molecule has 0 saturated heterocycles. The molecule has 10 heteroatoms. The van der Waals surface area contributed by atoms with Gasteiger partial charge in [0.15, 0.2) is 5.82 Å². The van der Waals surface area contributed by atoms with Crippen LogP contribution in [0.4, 0.5) is 5.13 Å². The van der Waals surface area contributed by atoms with Crippen LogP contribution in [0.15, 0.2) is 24.3 Å². The molecule has 0 atom stereocenters. The van der Waals surface area contributed by atoms with Crippen molar-refractivity contribution >= 4 is 22.4 Å². The molecule has 0 aliphatic rings. The Kier molecular flexibility index (Phi) is 4.75. The average Bonchev–Trinajstić information content (AvgIpc) is 3.15. The normalized spacial score (nSPS) is 10.6. The van der Waals surface area contributed by atoms with Crippen molar-refractivity contribution in [3.05, 3.63) is 40.7 Å². The zero-order valence-corrected chi connectivity index (χ0v) is 13.9. The van der Waals surface area contributed by atoms with Crippen molar-refractivity contribution in [2.75, 3.05) is 5.32 Å². The smallest absolute Gasteiger partial charge is 0.230 e. The molecular formula is C14H15N7O2S. The van der Waals surface area contributed by atoms with Gasteiger partial charge in [0.1, 0.15) is 17.4 Å². The summed E-state index contributed by atoms with van der Waals surface area (Å²) in [6.07, 6.45) is 0.256. The molecule has 0 unspecified atom stereocenters. The van der Waals surface area contributed by atoms with Gasteiger partial charge in [-0.25, -0.2) is 4.68 Å². The zero-order chi connectivity index (χ0) is 16.9. The molecule has 2 heterocycles. The third-order valence-corrected chi connectivity index (χ3v) is 3.89. The zero-order valence-electron chi connectivity index (χ0n) is 13.1. The predicted molar refractivity (Wildman–Crippen MR) is 86.6 cm³/mol. The van der Waals surface area contributed by atoms with Crippen LogP contribution in [-0.2, 0) is 24.9 Å². The Morgan fingerprint density at radius 3 is 2.67 bits per heavy atom. The second-order valence-electron chi connectivity index (χ2n) is 5.00. The maximum Gasteiger partial charge on any atom is 0.230 e. The highest BCUT2D eigenvalue weighted by atomic mass is 32.1. The first kappa shape index (κ1) is 16.0. The summed E-state index contributed by atoms with van der Waals surface area (Å²) in [5.41, 5.74) is 0.876. The molecule has 9 nitrogen and oxygen atoms in total. The number of benzene rings is 1. The average molecular weight is 345 g/mol. The molecule has 0 radical (unpaired) electrons. The number of carbonyl (C=O) groups is 1. The Labute approximate surface area is 141 Å². The number of tetrazole rings is 1. The molecular weight excluding hydrogens is 330 g/mol. The molecule has 1 N–H and O–H groups in total. The maximum atomic E-state index is 12.0. The summed E-state index contributed by atoms with van der Waals surface area (Å²) >= 11 is 1.34. The van der Waals surface area contributed by atoms with E-state index >= 15 is 0 Å². The van der Waals surface area contributed by atoms with Gasteiger partial charge >= 0.3 is 0 Å². The number of amides is 1. The largest absolute Gasteiger partial charge is 0.486 e. The second-order valence-corrected chi connectivity index (χ2v) is 6.18. The Morgan fingerprint density at radius 2 is 2.04 bits per heavy atom. The summed E-state index contributed by atoms with van der Waals surface area (Å²) in [6, 6.07) is 7.30. The van der Waals surface area contributed by atoms with Gasteiger partial charge in [-0.3, -0.25) is 4.79 Å². The minimum Gasteiger partial charge on any atom is -0.486 e. The standard InChI is InChI=1S/C14H15N7O2S/c1-9-16-18-14(24-9)15-13(22)7-10-3-5-11(6-4-10)23-8-12-17-19-20-21(12)2/h3-6H,7-8H2,1-2H3,(H,15,18,22). The summed E-state index contributed by atoms with van der Waals surface area (Å²) in [6.45, 7) is 2.11. The Morgan fingerprint density at radius 1 is 1.25 bits per heavy atom. The van der Waals surface area contributed by atoms with Gasteiger partial charge in [0, 0.05) is 7.05 Å². The minimum atomic E-state index is -0.134. The number of hydrogen-bond acceptors (Lipinski definition) is 8. The lowest BCUT2D eigenvalue weighted by Crippen LogP contribution is -2.14. The van der Waals surface area contributed by atoms with E-state index < -0.39 is 0 Å². The van der Waals surface area contributed by atoms with Crippen molar-refractivity contribution in [1.82, 2.24) is 30.4 Å². The van der Waals surface area contributed by atoms with Gasteiger partial charge in [0.25, 0.3) is 0 Å². The number of nitrogens with one attached hydrogen (secondary N) is 1.